The molecule has 6 nitrogen and oxygen atoms in total. The highest BCUT2D eigenvalue weighted by atomic mass is 16.6. The number of aromatic hydroxyl groups is 1. The van der Waals surface area contributed by atoms with E-state index in [1.165, 1.54) is 26.4 Å². The first kappa shape index (κ1) is 12.3. The third-order valence-electron chi connectivity index (χ3n) is 2.04. The summed E-state index contributed by atoms with van der Waals surface area (Å²) in [5, 5.41) is 18.3. The Labute approximate surface area is 92.4 Å². The van der Waals surface area contributed by atoms with E-state index >= 15 is 0 Å². The summed E-state index contributed by atoms with van der Waals surface area (Å²) in [4.78, 5) is 15.5. The molecule has 0 unspecified atom stereocenters. The van der Waals surface area contributed by atoms with Crippen LogP contribution in [0.2, 0.25) is 0 Å². The van der Waals surface area contributed by atoms with E-state index in [4.69, 9.17) is 9.84 Å². The third-order valence-corrected chi connectivity index (χ3v) is 2.04. The van der Waals surface area contributed by atoms with Crippen molar-refractivity contribution in [2.24, 2.45) is 0 Å². The van der Waals surface area contributed by atoms with Gasteiger partial charge >= 0.3 is 5.97 Å². The lowest BCUT2D eigenvalue weighted by atomic mass is 10.1. The van der Waals surface area contributed by atoms with Gasteiger partial charge in [0.05, 0.1) is 14.2 Å². The van der Waals surface area contributed by atoms with Gasteiger partial charge in [-0.1, -0.05) is 0 Å². The molecule has 0 fully saturated rings. The van der Waals surface area contributed by atoms with Gasteiger partial charge in [-0.05, 0) is 6.07 Å². The number of carbonyl (C=O) groups is 1. The first-order valence-corrected chi connectivity index (χ1v) is 4.49. The van der Waals surface area contributed by atoms with Gasteiger partial charge in [0.25, 0.3) is 0 Å². The molecule has 1 aromatic rings. The Hall–Kier alpha value is -1.79. The highest BCUT2D eigenvalue weighted by molar-refractivity contribution is 5.91. The van der Waals surface area contributed by atoms with Crippen molar-refractivity contribution in [3.63, 3.8) is 0 Å². The Bertz CT molecular complexity index is 391. The molecule has 0 radical (unpaired) electrons. The zero-order chi connectivity index (χ0) is 12.1. The van der Waals surface area contributed by atoms with Crippen LogP contribution in [0.1, 0.15) is 15.9 Å². The molecule has 0 aliphatic rings. The first-order chi connectivity index (χ1) is 7.60. The number of hydroxylamine groups is 1. The maximum absolute atomic E-state index is 10.8. The van der Waals surface area contributed by atoms with Crippen LogP contribution < -0.4 is 10.2 Å². The number of benzene rings is 1. The molecule has 0 spiro atoms. The molecule has 0 aromatic heterocycles. The average Bonchev–Trinajstić information content (AvgIpc) is 2.26. The number of hydrogen-bond acceptors (Lipinski definition) is 5. The smallest absolute Gasteiger partial charge is 0.339 e. The second-order valence-corrected chi connectivity index (χ2v) is 3.01. The summed E-state index contributed by atoms with van der Waals surface area (Å²) in [5.74, 6) is -1.13. The highest BCUT2D eigenvalue weighted by Gasteiger charge is 2.14. The Morgan fingerprint density at radius 2 is 2.12 bits per heavy atom. The minimum atomic E-state index is -1.20. The predicted octanol–water partition coefficient (Wildman–Crippen LogP) is 0.750. The molecule has 16 heavy (non-hydrogen) atoms. The van der Waals surface area contributed by atoms with Crippen LogP contribution in [0.25, 0.3) is 0 Å². The highest BCUT2D eigenvalue weighted by Crippen LogP contribution is 2.28. The summed E-state index contributed by atoms with van der Waals surface area (Å²) in [6.45, 7) is 0.278. The van der Waals surface area contributed by atoms with Gasteiger partial charge in [-0.15, -0.1) is 0 Å². The molecule has 0 amide bonds. The van der Waals surface area contributed by atoms with Crippen molar-refractivity contribution in [2.75, 3.05) is 14.2 Å². The number of methoxy groups -OCH3 is 1. The van der Waals surface area contributed by atoms with Gasteiger partial charge < -0.3 is 19.8 Å². The first-order valence-electron chi connectivity index (χ1n) is 4.49. The fraction of sp³-hybridized carbons (Fsp3) is 0.300. The number of rotatable bonds is 5. The summed E-state index contributed by atoms with van der Waals surface area (Å²) >= 11 is 0. The molecule has 0 heterocycles. The van der Waals surface area contributed by atoms with Crippen molar-refractivity contribution in [1.82, 2.24) is 5.48 Å². The Morgan fingerprint density at radius 3 is 2.62 bits per heavy atom. The Balaban J connectivity index is 3.12. The number of carboxylic acid groups (broad SMARTS) is 1. The van der Waals surface area contributed by atoms with E-state index in [-0.39, 0.29) is 17.9 Å². The summed E-state index contributed by atoms with van der Waals surface area (Å²) < 4.78 is 5.01. The topological polar surface area (TPSA) is 88.0 Å². The summed E-state index contributed by atoms with van der Waals surface area (Å²) in [7, 11) is 2.89. The number of phenols is 1. The van der Waals surface area contributed by atoms with Crippen LogP contribution in [-0.2, 0) is 11.4 Å². The molecule has 3 N–H and O–H groups in total. The largest absolute Gasteiger partial charge is 0.507 e. The van der Waals surface area contributed by atoms with Crippen molar-refractivity contribution in [3.8, 4) is 11.5 Å². The summed E-state index contributed by atoms with van der Waals surface area (Å²) in [6, 6.07) is 2.60. The summed E-state index contributed by atoms with van der Waals surface area (Å²) in [5.41, 5.74) is 2.98. The fourth-order valence-electron chi connectivity index (χ4n) is 1.26. The van der Waals surface area contributed by atoms with Crippen molar-refractivity contribution >= 4 is 5.97 Å². The molecule has 0 aliphatic heterocycles. The van der Waals surface area contributed by atoms with Gasteiger partial charge in [0.2, 0.25) is 0 Å². The van der Waals surface area contributed by atoms with Crippen LogP contribution >= 0.6 is 0 Å². The van der Waals surface area contributed by atoms with Crippen LogP contribution in [0, 0.1) is 0 Å². The number of carboxylic acids is 1. The maximum Gasteiger partial charge on any atom is 0.339 e. The second-order valence-electron chi connectivity index (χ2n) is 3.01. The molecule has 0 atom stereocenters. The van der Waals surface area contributed by atoms with Gasteiger partial charge in [-0.2, -0.15) is 5.48 Å². The van der Waals surface area contributed by atoms with Gasteiger partial charge in [0.15, 0.2) is 0 Å². The lowest BCUT2D eigenvalue weighted by Gasteiger charge is -2.10. The quantitative estimate of drug-likeness (QED) is 0.643. The average molecular weight is 227 g/mol. The minimum absolute atomic E-state index is 0.172. The van der Waals surface area contributed by atoms with E-state index in [0.29, 0.717) is 11.3 Å². The number of ether oxygens (including phenoxy) is 1. The monoisotopic (exact) mass is 227 g/mol. The maximum atomic E-state index is 10.8. The standard InChI is InChI=1S/C10H13NO5/c1-15-9-4-8(12)7(10(13)14)3-6(9)5-11-16-2/h3-4,11-12H,5H2,1-2H3,(H,13,14). The molecule has 6 heteroatoms. The molecule has 0 saturated heterocycles. The zero-order valence-electron chi connectivity index (χ0n) is 8.98. The van der Waals surface area contributed by atoms with Crippen molar-refractivity contribution in [2.45, 2.75) is 6.54 Å². The summed E-state index contributed by atoms with van der Waals surface area (Å²) in [6.07, 6.45) is 0. The van der Waals surface area contributed by atoms with E-state index in [0.717, 1.165) is 0 Å². The van der Waals surface area contributed by atoms with Gasteiger partial charge in [-0.3, -0.25) is 0 Å². The van der Waals surface area contributed by atoms with Crippen LogP contribution in [0.5, 0.6) is 11.5 Å². The van der Waals surface area contributed by atoms with E-state index < -0.39 is 5.97 Å². The molecular formula is C10H13NO5. The van der Waals surface area contributed by atoms with Gasteiger partial charge in [-0.25, -0.2) is 4.79 Å². The molecule has 1 aromatic carbocycles. The number of nitrogens with one attached hydrogen (secondary N) is 1. The van der Waals surface area contributed by atoms with Crippen LogP contribution in [0.3, 0.4) is 0 Å². The van der Waals surface area contributed by atoms with Crippen LogP contribution in [0.4, 0.5) is 0 Å². The lowest BCUT2D eigenvalue weighted by Crippen LogP contribution is -2.12. The molecule has 88 valence electrons. The Kier molecular flexibility index (Phi) is 4.10. The van der Waals surface area contributed by atoms with E-state index in [1.54, 1.807) is 0 Å². The molecule has 0 aliphatic carbocycles. The lowest BCUT2D eigenvalue weighted by molar-refractivity contribution is 0.0692. The molecule has 1 rings (SSSR count). The van der Waals surface area contributed by atoms with Gasteiger partial charge in [0, 0.05) is 18.2 Å². The fourth-order valence-corrected chi connectivity index (χ4v) is 1.26. The van der Waals surface area contributed by atoms with E-state index in [2.05, 4.69) is 10.3 Å². The van der Waals surface area contributed by atoms with Crippen molar-refractivity contribution in [3.05, 3.63) is 23.3 Å². The van der Waals surface area contributed by atoms with Gasteiger partial charge in [0.1, 0.15) is 17.1 Å². The second kappa shape index (κ2) is 5.34. The van der Waals surface area contributed by atoms with Crippen LogP contribution in [0.15, 0.2) is 12.1 Å². The predicted molar refractivity (Wildman–Crippen MR) is 55.5 cm³/mol. The van der Waals surface area contributed by atoms with Crippen molar-refractivity contribution in [1.29, 1.82) is 0 Å². The van der Waals surface area contributed by atoms with Crippen LogP contribution in [-0.4, -0.2) is 30.4 Å². The van der Waals surface area contributed by atoms with Crippen molar-refractivity contribution < 1.29 is 24.6 Å². The third kappa shape index (κ3) is 2.62. The SMILES string of the molecule is CONCc1cc(C(=O)O)c(O)cc1OC. The number of hydrogen-bond donors (Lipinski definition) is 3. The molecule has 0 saturated carbocycles. The zero-order valence-corrected chi connectivity index (χ0v) is 8.98. The van der Waals surface area contributed by atoms with E-state index in [1.807, 2.05) is 0 Å². The normalized spacial score (nSPS) is 10.1. The Morgan fingerprint density at radius 1 is 1.44 bits per heavy atom. The molecule has 0 bridgehead atoms. The minimum Gasteiger partial charge on any atom is -0.507 e. The number of aromatic carboxylic acids is 1. The molecular weight excluding hydrogens is 214 g/mol. The van der Waals surface area contributed by atoms with E-state index in [9.17, 15) is 9.90 Å².